The molecule has 0 amide bonds. The highest BCUT2D eigenvalue weighted by Gasteiger charge is 2.53. The van der Waals surface area contributed by atoms with E-state index in [1.165, 1.54) is 0 Å². The van der Waals surface area contributed by atoms with Gasteiger partial charge in [-0.1, -0.05) is 46.3 Å². The summed E-state index contributed by atoms with van der Waals surface area (Å²) in [7, 11) is 1.80. The number of hydrogen-bond donors (Lipinski definition) is 1. The van der Waals surface area contributed by atoms with Crippen molar-refractivity contribution in [2.24, 2.45) is 10.7 Å². The molecule has 0 bridgehead atoms. The lowest BCUT2D eigenvalue weighted by atomic mass is 9.86. The quantitative estimate of drug-likeness (QED) is 0.834. The van der Waals surface area contributed by atoms with Crippen LogP contribution in [0.4, 0.5) is 0 Å². The van der Waals surface area contributed by atoms with E-state index in [-0.39, 0.29) is 6.10 Å². The molecule has 2 N–H and O–H groups in total. The van der Waals surface area contributed by atoms with Crippen molar-refractivity contribution in [3.63, 3.8) is 0 Å². The van der Waals surface area contributed by atoms with E-state index in [9.17, 15) is 0 Å². The zero-order valence-corrected chi connectivity index (χ0v) is 14.1. The fraction of sp³-hybridized carbons (Fsp3) is 0.235. The van der Waals surface area contributed by atoms with Gasteiger partial charge in [0.25, 0.3) is 0 Å². The molecule has 0 radical (unpaired) electrons. The summed E-state index contributed by atoms with van der Waals surface area (Å²) in [5.41, 5.74) is 7.42. The first-order chi connectivity index (χ1) is 11.1. The second-order valence-electron chi connectivity index (χ2n) is 5.69. The van der Waals surface area contributed by atoms with Gasteiger partial charge in [-0.05, 0) is 23.8 Å². The lowest BCUT2D eigenvalue weighted by molar-refractivity contribution is -0.198. The number of fused-ring (bicyclic) bond motifs is 2. The van der Waals surface area contributed by atoms with Gasteiger partial charge in [0.1, 0.15) is 24.2 Å². The molecule has 0 saturated heterocycles. The van der Waals surface area contributed by atoms with Crippen LogP contribution < -0.4 is 10.5 Å². The van der Waals surface area contributed by atoms with Gasteiger partial charge in [0.15, 0.2) is 0 Å². The molecule has 5 nitrogen and oxygen atoms in total. The maximum Gasteiger partial charge on any atom is 0.234 e. The van der Waals surface area contributed by atoms with Gasteiger partial charge in [0, 0.05) is 11.5 Å². The molecule has 2 aliphatic heterocycles. The lowest BCUT2D eigenvalue weighted by Gasteiger charge is -2.42. The minimum absolute atomic E-state index is 0.339. The number of ether oxygens (including phenoxy) is 1. The number of hydrogen-bond acceptors (Lipinski definition) is 5. The van der Waals surface area contributed by atoms with E-state index in [0.717, 1.165) is 21.3 Å². The van der Waals surface area contributed by atoms with Gasteiger partial charge in [-0.25, -0.2) is 14.9 Å². The van der Waals surface area contributed by atoms with Crippen molar-refractivity contribution in [1.82, 2.24) is 5.06 Å². The second-order valence-corrected chi connectivity index (χ2v) is 6.61. The van der Waals surface area contributed by atoms with Gasteiger partial charge >= 0.3 is 0 Å². The summed E-state index contributed by atoms with van der Waals surface area (Å²) < 4.78 is 7.12. The molecule has 0 aromatic heterocycles. The predicted molar refractivity (Wildman–Crippen MR) is 90.9 cm³/mol. The second kappa shape index (κ2) is 5.33. The van der Waals surface area contributed by atoms with Gasteiger partial charge in [-0.2, -0.15) is 0 Å². The van der Waals surface area contributed by atoms with Crippen LogP contribution in [0, 0.1) is 0 Å². The average Bonchev–Trinajstić information content (AvgIpc) is 2.95. The topological polar surface area (TPSA) is 60.1 Å². The monoisotopic (exact) mass is 373 g/mol. The van der Waals surface area contributed by atoms with Crippen molar-refractivity contribution in [3.05, 3.63) is 64.1 Å². The molecular formula is C17H16BrN3O2. The summed E-state index contributed by atoms with van der Waals surface area (Å²) in [6, 6.07) is 15.3. The molecule has 0 fully saturated rings. The maximum atomic E-state index is 6.57. The average molecular weight is 374 g/mol. The van der Waals surface area contributed by atoms with Crippen LogP contribution in [-0.2, 0) is 10.6 Å². The highest BCUT2D eigenvalue weighted by Crippen LogP contribution is 2.49. The zero-order valence-electron chi connectivity index (χ0n) is 12.5. The Hall–Kier alpha value is -1.89. The van der Waals surface area contributed by atoms with E-state index in [2.05, 4.69) is 20.9 Å². The minimum Gasteiger partial charge on any atom is -0.483 e. The number of aliphatic imine (C=N–C) groups is 1. The molecule has 23 heavy (non-hydrogen) atoms. The SMILES string of the molecule is CN1C=NC2(O1)c1cc(Br)ccc1OC(c1ccccc1)C2N. The van der Waals surface area contributed by atoms with Gasteiger partial charge < -0.3 is 10.5 Å². The number of halogens is 1. The molecule has 0 aliphatic carbocycles. The van der Waals surface area contributed by atoms with Crippen molar-refractivity contribution in [1.29, 1.82) is 0 Å². The Morgan fingerprint density at radius 2 is 2.00 bits per heavy atom. The summed E-state index contributed by atoms with van der Waals surface area (Å²) in [5.74, 6) is 0.733. The fourth-order valence-corrected chi connectivity index (χ4v) is 3.46. The molecule has 3 unspecified atom stereocenters. The number of nitrogens with zero attached hydrogens (tertiary/aromatic N) is 2. The Morgan fingerprint density at radius 1 is 1.22 bits per heavy atom. The first-order valence-electron chi connectivity index (χ1n) is 7.35. The number of nitrogens with two attached hydrogens (primary N) is 1. The Labute approximate surface area is 142 Å². The van der Waals surface area contributed by atoms with E-state index < -0.39 is 11.8 Å². The normalized spacial score (nSPS) is 28.7. The summed E-state index contributed by atoms with van der Waals surface area (Å²) in [5, 5.41) is 1.58. The summed E-state index contributed by atoms with van der Waals surface area (Å²) >= 11 is 3.50. The Balaban J connectivity index is 1.87. The number of hydroxylamine groups is 2. The molecule has 118 valence electrons. The Morgan fingerprint density at radius 3 is 2.70 bits per heavy atom. The third-order valence-electron chi connectivity index (χ3n) is 4.18. The third-order valence-corrected chi connectivity index (χ3v) is 4.68. The minimum atomic E-state index is -0.980. The van der Waals surface area contributed by atoms with E-state index in [1.807, 2.05) is 48.5 Å². The van der Waals surface area contributed by atoms with Crippen LogP contribution in [0.2, 0.25) is 0 Å². The summed E-state index contributed by atoms with van der Waals surface area (Å²) in [6.45, 7) is 0. The van der Waals surface area contributed by atoms with E-state index in [0.29, 0.717) is 0 Å². The molecule has 3 atom stereocenters. The largest absolute Gasteiger partial charge is 0.483 e. The Kier molecular flexibility index (Phi) is 3.41. The van der Waals surface area contributed by atoms with Crippen LogP contribution in [0.25, 0.3) is 0 Å². The van der Waals surface area contributed by atoms with Crippen LogP contribution in [0.1, 0.15) is 17.2 Å². The lowest BCUT2D eigenvalue weighted by Crippen LogP contribution is -2.53. The van der Waals surface area contributed by atoms with Crippen molar-refractivity contribution >= 4 is 22.3 Å². The third kappa shape index (κ3) is 2.25. The van der Waals surface area contributed by atoms with Gasteiger partial charge in [-0.3, -0.25) is 0 Å². The molecular weight excluding hydrogens is 358 g/mol. The fourth-order valence-electron chi connectivity index (χ4n) is 3.10. The van der Waals surface area contributed by atoms with Crippen LogP contribution in [0.15, 0.2) is 58.0 Å². The molecule has 0 saturated carbocycles. The van der Waals surface area contributed by atoms with E-state index in [1.54, 1.807) is 18.4 Å². The van der Waals surface area contributed by atoms with Gasteiger partial charge in [-0.15, -0.1) is 0 Å². The van der Waals surface area contributed by atoms with Crippen LogP contribution in [-0.4, -0.2) is 24.5 Å². The summed E-state index contributed by atoms with van der Waals surface area (Å²) in [4.78, 5) is 10.6. The van der Waals surface area contributed by atoms with Crippen LogP contribution >= 0.6 is 15.9 Å². The smallest absolute Gasteiger partial charge is 0.234 e. The number of benzene rings is 2. The molecule has 2 aromatic rings. The Bertz CT molecular complexity index is 768. The molecule has 2 heterocycles. The molecule has 4 rings (SSSR count). The van der Waals surface area contributed by atoms with Gasteiger partial charge in [0.2, 0.25) is 5.72 Å². The van der Waals surface area contributed by atoms with Crippen molar-refractivity contribution in [2.45, 2.75) is 17.9 Å². The summed E-state index contributed by atoms with van der Waals surface area (Å²) in [6.07, 6.45) is 1.31. The first-order valence-corrected chi connectivity index (χ1v) is 8.14. The highest BCUT2D eigenvalue weighted by molar-refractivity contribution is 9.10. The zero-order chi connectivity index (χ0) is 16.0. The molecule has 6 heteroatoms. The maximum absolute atomic E-state index is 6.57. The predicted octanol–water partition coefficient (Wildman–Crippen LogP) is 2.97. The van der Waals surface area contributed by atoms with E-state index in [4.69, 9.17) is 15.3 Å². The van der Waals surface area contributed by atoms with Crippen molar-refractivity contribution in [3.8, 4) is 5.75 Å². The standard InChI is InChI=1S/C17H16BrN3O2/c1-21-10-20-17(23-21)13-9-12(18)7-8-14(13)22-15(16(17)19)11-5-3-2-4-6-11/h2-10,15-16H,19H2,1H3. The van der Waals surface area contributed by atoms with Crippen LogP contribution in [0.3, 0.4) is 0 Å². The number of rotatable bonds is 1. The van der Waals surface area contributed by atoms with Gasteiger partial charge in [0.05, 0.1) is 5.56 Å². The molecule has 2 aromatic carbocycles. The van der Waals surface area contributed by atoms with E-state index >= 15 is 0 Å². The molecule has 2 aliphatic rings. The van der Waals surface area contributed by atoms with Crippen molar-refractivity contribution < 1.29 is 9.57 Å². The van der Waals surface area contributed by atoms with Crippen LogP contribution in [0.5, 0.6) is 5.75 Å². The molecule has 1 spiro atoms. The first kappa shape index (κ1) is 14.7. The van der Waals surface area contributed by atoms with Crippen molar-refractivity contribution in [2.75, 3.05) is 7.05 Å². The highest BCUT2D eigenvalue weighted by atomic mass is 79.9.